The molecule has 0 radical (unpaired) electrons. The normalized spacial score (nSPS) is 13.5. The fourth-order valence-electron chi connectivity index (χ4n) is 3.20. The highest BCUT2D eigenvalue weighted by molar-refractivity contribution is 5.98. The molecular formula is C20H21FN6O4. The average Bonchev–Trinajstić information content (AvgIpc) is 3.29. The Bertz CT molecular complexity index is 1160. The van der Waals surface area contributed by atoms with Crippen LogP contribution in [0.4, 0.5) is 9.18 Å². The number of hydrogen-bond acceptors (Lipinski definition) is 7. The lowest BCUT2D eigenvalue weighted by molar-refractivity contribution is 0.0517. The second-order valence-electron chi connectivity index (χ2n) is 8.10. The lowest BCUT2D eigenvalue weighted by Gasteiger charge is -2.19. The number of carbonyl (C=O) groups excluding carboxylic acids is 2. The van der Waals surface area contributed by atoms with Crippen molar-refractivity contribution in [2.45, 2.75) is 39.5 Å². The van der Waals surface area contributed by atoms with Crippen molar-refractivity contribution in [3.63, 3.8) is 0 Å². The van der Waals surface area contributed by atoms with Crippen LogP contribution in [0.2, 0.25) is 0 Å². The van der Waals surface area contributed by atoms with E-state index < -0.39 is 17.5 Å². The zero-order valence-electron chi connectivity index (χ0n) is 17.5. The van der Waals surface area contributed by atoms with Gasteiger partial charge in [0, 0.05) is 7.05 Å². The monoisotopic (exact) mass is 428 g/mol. The molecule has 3 heterocycles. The van der Waals surface area contributed by atoms with Crippen LogP contribution in [-0.2, 0) is 17.8 Å². The van der Waals surface area contributed by atoms with Crippen LogP contribution in [0.25, 0.3) is 17.2 Å². The number of imidazole rings is 1. The Balaban J connectivity index is 1.61. The summed E-state index contributed by atoms with van der Waals surface area (Å²) >= 11 is 0. The number of amides is 2. The zero-order chi connectivity index (χ0) is 22.3. The first-order valence-corrected chi connectivity index (χ1v) is 9.54. The number of rotatable bonds is 3. The molecule has 10 nitrogen and oxygen atoms in total. The molecule has 0 saturated carbocycles. The molecule has 31 heavy (non-hydrogen) atoms. The van der Waals surface area contributed by atoms with Gasteiger partial charge in [-0.1, -0.05) is 5.16 Å². The van der Waals surface area contributed by atoms with Gasteiger partial charge in [0.05, 0.1) is 23.5 Å². The quantitative estimate of drug-likeness (QED) is 0.682. The molecule has 0 spiro atoms. The highest BCUT2D eigenvalue weighted by Crippen LogP contribution is 2.29. The Morgan fingerprint density at radius 3 is 2.87 bits per heavy atom. The van der Waals surface area contributed by atoms with Crippen molar-refractivity contribution in [2.75, 3.05) is 7.05 Å². The van der Waals surface area contributed by atoms with E-state index in [1.54, 1.807) is 32.4 Å². The van der Waals surface area contributed by atoms with Crippen LogP contribution in [0.5, 0.6) is 0 Å². The van der Waals surface area contributed by atoms with E-state index in [0.717, 1.165) is 0 Å². The summed E-state index contributed by atoms with van der Waals surface area (Å²) < 4.78 is 25.8. The summed E-state index contributed by atoms with van der Waals surface area (Å²) in [5, 5.41) is 6.49. The number of alkyl carbamates (subject to hydrolysis) is 1. The maximum absolute atomic E-state index is 13.7. The third-order valence-corrected chi connectivity index (χ3v) is 4.51. The summed E-state index contributed by atoms with van der Waals surface area (Å²) in [5.74, 6) is -0.423. The lowest BCUT2D eigenvalue weighted by Crippen LogP contribution is -2.32. The molecule has 0 saturated heterocycles. The van der Waals surface area contributed by atoms with Gasteiger partial charge in [0.25, 0.3) is 5.91 Å². The largest absolute Gasteiger partial charge is 0.444 e. The fourth-order valence-corrected chi connectivity index (χ4v) is 3.20. The first-order chi connectivity index (χ1) is 14.6. The van der Waals surface area contributed by atoms with Crippen molar-refractivity contribution in [3.05, 3.63) is 47.5 Å². The Kier molecular flexibility index (Phi) is 4.96. The molecule has 1 aliphatic rings. The highest BCUT2D eigenvalue weighted by Gasteiger charge is 2.28. The highest BCUT2D eigenvalue weighted by atomic mass is 19.1. The first-order valence-electron chi connectivity index (χ1n) is 9.54. The predicted octanol–water partition coefficient (Wildman–Crippen LogP) is 2.67. The van der Waals surface area contributed by atoms with Crippen LogP contribution in [0.1, 0.15) is 42.7 Å². The van der Waals surface area contributed by atoms with Gasteiger partial charge in [0.15, 0.2) is 0 Å². The molecule has 2 aromatic heterocycles. The topological polar surface area (TPSA) is 115 Å². The Morgan fingerprint density at radius 2 is 2.13 bits per heavy atom. The molecule has 11 heteroatoms. The maximum Gasteiger partial charge on any atom is 0.408 e. The molecule has 1 aliphatic heterocycles. The number of nitrogens with zero attached hydrogens (tertiary/aromatic N) is 5. The minimum atomic E-state index is -0.624. The van der Waals surface area contributed by atoms with E-state index in [2.05, 4.69) is 20.4 Å². The number of nitrogens with one attached hydrogen (secondary N) is 1. The van der Waals surface area contributed by atoms with Crippen molar-refractivity contribution in [1.82, 2.24) is 29.9 Å². The van der Waals surface area contributed by atoms with E-state index in [4.69, 9.17) is 9.26 Å². The summed E-state index contributed by atoms with van der Waals surface area (Å²) in [6.07, 6.45) is 0.926. The lowest BCUT2D eigenvalue weighted by atomic mass is 10.1. The van der Waals surface area contributed by atoms with Crippen LogP contribution in [0, 0.1) is 5.82 Å². The fraction of sp³-hybridized carbons (Fsp3) is 0.350. The Labute approximate surface area is 177 Å². The summed E-state index contributed by atoms with van der Waals surface area (Å²) in [7, 11) is 1.62. The van der Waals surface area contributed by atoms with Crippen molar-refractivity contribution < 1.29 is 23.2 Å². The van der Waals surface area contributed by atoms with Crippen LogP contribution in [0.15, 0.2) is 29.0 Å². The van der Waals surface area contributed by atoms with Crippen LogP contribution >= 0.6 is 0 Å². The molecular weight excluding hydrogens is 407 g/mol. The van der Waals surface area contributed by atoms with E-state index in [1.165, 1.54) is 29.4 Å². The van der Waals surface area contributed by atoms with Gasteiger partial charge < -0.3 is 19.5 Å². The molecule has 162 valence electrons. The number of halogens is 1. The van der Waals surface area contributed by atoms with Crippen molar-refractivity contribution in [2.24, 2.45) is 0 Å². The van der Waals surface area contributed by atoms with Gasteiger partial charge in [-0.3, -0.25) is 9.36 Å². The SMILES string of the molecule is CN1Cc2c(-c3noc(CNC(=O)OC(C)(C)C)n3)ncn2-c2ccc(F)cc2C1=O. The third-order valence-electron chi connectivity index (χ3n) is 4.51. The Morgan fingerprint density at radius 1 is 1.35 bits per heavy atom. The number of benzene rings is 1. The molecule has 2 amide bonds. The van der Waals surface area contributed by atoms with Gasteiger partial charge in [0.2, 0.25) is 11.7 Å². The van der Waals surface area contributed by atoms with Crippen LogP contribution in [0.3, 0.4) is 0 Å². The second-order valence-corrected chi connectivity index (χ2v) is 8.10. The molecule has 0 bridgehead atoms. The first kappa shape index (κ1) is 20.5. The number of hydrogen-bond donors (Lipinski definition) is 1. The number of aromatic nitrogens is 4. The van der Waals surface area contributed by atoms with Gasteiger partial charge >= 0.3 is 6.09 Å². The summed E-state index contributed by atoms with van der Waals surface area (Å²) in [5.41, 5.74) is 1.19. The summed E-state index contributed by atoms with van der Waals surface area (Å²) in [4.78, 5) is 34.6. The van der Waals surface area contributed by atoms with Gasteiger partial charge in [-0.2, -0.15) is 4.98 Å². The van der Waals surface area contributed by atoms with E-state index >= 15 is 0 Å². The molecule has 1 N–H and O–H groups in total. The molecule has 0 unspecified atom stereocenters. The number of carbonyl (C=O) groups is 2. The van der Waals surface area contributed by atoms with Crippen molar-refractivity contribution >= 4 is 12.0 Å². The summed E-state index contributed by atoms with van der Waals surface area (Å²) in [6, 6.07) is 4.02. The minimum absolute atomic E-state index is 0.0154. The van der Waals surface area contributed by atoms with Crippen molar-refractivity contribution in [1.29, 1.82) is 0 Å². The van der Waals surface area contributed by atoms with E-state index in [9.17, 15) is 14.0 Å². The zero-order valence-corrected chi connectivity index (χ0v) is 17.5. The minimum Gasteiger partial charge on any atom is -0.444 e. The van der Waals surface area contributed by atoms with Crippen LogP contribution in [-0.4, -0.2) is 49.2 Å². The molecule has 3 aromatic rings. The van der Waals surface area contributed by atoms with Gasteiger partial charge in [-0.25, -0.2) is 14.2 Å². The molecule has 0 aliphatic carbocycles. The smallest absolute Gasteiger partial charge is 0.408 e. The molecule has 0 atom stereocenters. The van der Waals surface area contributed by atoms with E-state index in [-0.39, 0.29) is 36.3 Å². The molecule has 1 aromatic carbocycles. The van der Waals surface area contributed by atoms with Gasteiger partial charge in [0.1, 0.15) is 30.0 Å². The number of ether oxygens (including phenoxy) is 1. The maximum atomic E-state index is 13.7. The number of fused-ring (bicyclic) bond motifs is 3. The Hall–Kier alpha value is -3.76. The average molecular weight is 428 g/mol. The predicted molar refractivity (Wildman–Crippen MR) is 106 cm³/mol. The second kappa shape index (κ2) is 7.49. The van der Waals surface area contributed by atoms with Gasteiger partial charge in [-0.05, 0) is 39.0 Å². The van der Waals surface area contributed by atoms with Crippen LogP contribution < -0.4 is 5.32 Å². The standard InChI is InChI=1S/C20H21FN6O4/c1-20(2,3)30-19(29)22-8-15-24-17(25-31-15)16-14-9-26(4)18(28)12-7-11(21)5-6-13(12)27(14)10-23-16/h5-7,10H,8-9H2,1-4H3,(H,22,29). The molecule has 0 fully saturated rings. The summed E-state index contributed by atoms with van der Waals surface area (Å²) in [6.45, 7) is 5.48. The molecule has 4 rings (SSSR count). The van der Waals surface area contributed by atoms with E-state index in [1.807, 2.05) is 0 Å². The van der Waals surface area contributed by atoms with E-state index in [0.29, 0.717) is 17.1 Å². The third kappa shape index (κ3) is 4.11. The van der Waals surface area contributed by atoms with Gasteiger partial charge in [-0.15, -0.1) is 0 Å². The van der Waals surface area contributed by atoms with Crippen molar-refractivity contribution in [3.8, 4) is 17.2 Å².